The van der Waals surface area contributed by atoms with Gasteiger partial charge in [-0.3, -0.25) is 9.00 Å². The molecule has 0 amide bonds. The van der Waals surface area contributed by atoms with Gasteiger partial charge in [-0.1, -0.05) is 29.8 Å². The van der Waals surface area contributed by atoms with Crippen LogP contribution in [0, 0.1) is 0 Å². The molecule has 1 saturated heterocycles. The molecule has 0 aliphatic carbocycles. The number of pyridine rings is 1. The molecule has 1 aliphatic rings. The number of hydrogen-bond donors (Lipinski definition) is 5. The van der Waals surface area contributed by atoms with Gasteiger partial charge in [-0.25, -0.2) is 15.0 Å². The van der Waals surface area contributed by atoms with Crippen molar-refractivity contribution in [1.29, 1.82) is 0 Å². The molecule has 0 radical (unpaired) electrons. The molecule has 5 atom stereocenters. The van der Waals surface area contributed by atoms with Gasteiger partial charge in [-0.2, -0.15) is 0 Å². The average Bonchev–Trinajstić information content (AvgIpc) is 3.00. The predicted octanol–water partition coefficient (Wildman–Crippen LogP) is 2.38. The number of nitrogens with one attached hydrogen (secondary N) is 2. The minimum Gasteiger partial charge on any atom is -0.768 e. The molecule has 2 aromatic heterocycles. The maximum atomic E-state index is 12.0. The Morgan fingerprint density at radius 1 is 1.30 bits per heavy atom. The first-order valence-electron chi connectivity index (χ1n) is 13.6. The zero-order valence-electron chi connectivity index (χ0n) is 24.0. The van der Waals surface area contributed by atoms with Gasteiger partial charge in [-0.05, 0) is 48.5 Å². The number of aliphatic hydroxyl groups is 1. The number of aliphatic carboxylic acids is 1. The van der Waals surface area contributed by atoms with Crippen LogP contribution in [0.5, 0.6) is 0 Å². The zero-order valence-corrected chi connectivity index (χ0v) is 25.6. The zero-order chi connectivity index (χ0) is 31.3. The Kier molecular flexibility index (Phi) is 11.0. The highest BCUT2D eigenvalue weighted by Crippen LogP contribution is 2.35. The third kappa shape index (κ3) is 8.03. The molecule has 43 heavy (non-hydrogen) atoms. The number of nitrogens with zero attached hydrogens (tertiary/aromatic N) is 4. The maximum absolute atomic E-state index is 12.0. The van der Waals surface area contributed by atoms with E-state index in [1.165, 1.54) is 19.2 Å². The Bertz CT molecular complexity index is 1480. The van der Waals surface area contributed by atoms with Crippen LogP contribution in [-0.2, 0) is 27.2 Å². The van der Waals surface area contributed by atoms with Gasteiger partial charge in [0.25, 0.3) is 0 Å². The van der Waals surface area contributed by atoms with E-state index < -0.39 is 29.1 Å². The summed E-state index contributed by atoms with van der Waals surface area (Å²) in [5.74, 6) is -0.00800. The smallest absolute Gasteiger partial charge is 0.320 e. The molecule has 3 unspecified atom stereocenters. The Hall–Kier alpha value is -3.24. The molecule has 13 nitrogen and oxygen atoms in total. The number of rotatable bonds is 12. The van der Waals surface area contributed by atoms with Crippen molar-refractivity contribution in [1.82, 2.24) is 20.3 Å². The normalized spacial score (nSPS) is 19.0. The second-order valence-corrected chi connectivity index (χ2v) is 11.8. The largest absolute Gasteiger partial charge is 0.768 e. The number of carboxylic acids is 1. The summed E-state index contributed by atoms with van der Waals surface area (Å²) >= 11 is 3.86. The summed E-state index contributed by atoms with van der Waals surface area (Å²) in [6.07, 6.45) is 2.50. The number of halogens is 1. The number of carbonyl (C=O) groups is 1. The fourth-order valence-corrected chi connectivity index (χ4v) is 5.48. The lowest BCUT2D eigenvalue weighted by Crippen LogP contribution is -2.33. The number of nitrogens with two attached hydrogens (primary N) is 1. The van der Waals surface area contributed by atoms with Crippen molar-refractivity contribution in [3.63, 3.8) is 0 Å². The number of aromatic nitrogens is 3. The van der Waals surface area contributed by atoms with Crippen LogP contribution in [0.25, 0.3) is 11.3 Å². The van der Waals surface area contributed by atoms with E-state index >= 15 is 0 Å². The van der Waals surface area contributed by atoms with E-state index in [0.29, 0.717) is 53.7 Å². The van der Waals surface area contributed by atoms with Gasteiger partial charge in [0.15, 0.2) is 0 Å². The highest BCUT2D eigenvalue weighted by molar-refractivity contribution is 7.79. The van der Waals surface area contributed by atoms with Crippen LogP contribution >= 0.6 is 11.6 Å². The van der Waals surface area contributed by atoms with E-state index in [-0.39, 0.29) is 35.2 Å². The van der Waals surface area contributed by atoms with Gasteiger partial charge >= 0.3 is 5.97 Å². The van der Waals surface area contributed by atoms with Crippen molar-refractivity contribution < 1.29 is 28.5 Å². The molecule has 1 aromatic carbocycles. The third-order valence-corrected chi connectivity index (χ3v) is 8.14. The van der Waals surface area contributed by atoms with Gasteiger partial charge in [0.05, 0.1) is 41.4 Å². The van der Waals surface area contributed by atoms with Gasteiger partial charge in [-0.15, -0.1) is 0 Å². The van der Waals surface area contributed by atoms with Crippen LogP contribution in [0.2, 0.25) is 5.02 Å². The number of carboxylic acid groups (broad SMARTS) is 1. The Balaban J connectivity index is 1.54. The van der Waals surface area contributed by atoms with Gasteiger partial charge < -0.3 is 40.8 Å². The van der Waals surface area contributed by atoms with E-state index in [0.717, 1.165) is 5.56 Å². The summed E-state index contributed by atoms with van der Waals surface area (Å²) in [5, 5.41) is 24.9. The number of anilines is 2. The van der Waals surface area contributed by atoms with Crippen LogP contribution in [0.15, 0.2) is 41.4 Å². The number of aliphatic hydroxyl groups excluding tert-OH is 1. The van der Waals surface area contributed by atoms with Gasteiger partial charge in [0.1, 0.15) is 11.9 Å². The molecule has 232 valence electrons. The molecule has 3 heterocycles. The SMILES string of the molecule is C[C@@H](NCc1ccc(-c2nc(NC3CCOC(c4ccc([C@H](N)CO)nc4N(C)C)C3)ncc2Cl)cc1S(=O)[O-])C(=O)O. The number of benzene rings is 1. The van der Waals surface area contributed by atoms with Crippen LogP contribution in [0.1, 0.15) is 48.7 Å². The van der Waals surface area contributed by atoms with Crippen molar-refractivity contribution in [3.05, 3.63) is 58.4 Å². The summed E-state index contributed by atoms with van der Waals surface area (Å²) < 4.78 is 30.2. The van der Waals surface area contributed by atoms with E-state index in [9.17, 15) is 18.7 Å². The summed E-state index contributed by atoms with van der Waals surface area (Å²) in [5.41, 5.74) is 8.70. The molecule has 0 spiro atoms. The molecule has 0 saturated carbocycles. The van der Waals surface area contributed by atoms with Gasteiger partial charge in [0.2, 0.25) is 5.95 Å². The molecule has 3 aromatic rings. The highest BCUT2D eigenvalue weighted by Gasteiger charge is 2.28. The van der Waals surface area contributed by atoms with Crippen molar-refractivity contribution in [2.75, 3.05) is 37.5 Å². The predicted molar refractivity (Wildman–Crippen MR) is 162 cm³/mol. The molecule has 4 rings (SSSR count). The van der Waals surface area contributed by atoms with Crippen molar-refractivity contribution in [3.8, 4) is 11.3 Å². The summed E-state index contributed by atoms with van der Waals surface area (Å²) in [6, 6.07) is 6.99. The first-order chi connectivity index (χ1) is 20.5. The molecule has 1 fully saturated rings. The lowest BCUT2D eigenvalue weighted by molar-refractivity contribution is -0.139. The molecule has 15 heteroatoms. The lowest BCUT2D eigenvalue weighted by Gasteiger charge is -2.32. The highest BCUT2D eigenvalue weighted by atomic mass is 35.5. The second kappa shape index (κ2) is 14.5. The van der Waals surface area contributed by atoms with Crippen LogP contribution in [-0.4, -0.2) is 79.3 Å². The first kappa shape index (κ1) is 32.7. The van der Waals surface area contributed by atoms with E-state index in [1.54, 1.807) is 18.2 Å². The van der Waals surface area contributed by atoms with Crippen LogP contribution in [0.4, 0.5) is 11.8 Å². The molecule has 6 N–H and O–H groups in total. The molecular formula is C28H35ClN7O6S-. The Labute approximate surface area is 257 Å². The number of ether oxygens (including phenoxy) is 1. The summed E-state index contributed by atoms with van der Waals surface area (Å²) in [7, 11) is 3.77. The van der Waals surface area contributed by atoms with Crippen LogP contribution in [0.3, 0.4) is 0 Å². The summed E-state index contributed by atoms with van der Waals surface area (Å²) in [4.78, 5) is 26.6. The third-order valence-electron chi connectivity index (χ3n) is 7.12. The monoisotopic (exact) mass is 632 g/mol. The van der Waals surface area contributed by atoms with Crippen LogP contribution < -0.4 is 21.3 Å². The fraction of sp³-hybridized carbons (Fsp3) is 0.429. The fourth-order valence-electron chi connectivity index (χ4n) is 4.70. The molecule has 1 aliphatic heterocycles. The molecule has 0 bridgehead atoms. The maximum Gasteiger partial charge on any atom is 0.320 e. The Morgan fingerprint density at radius 3 is 2.74 bits per heavy atom. The van der Waals surface area contributed by atoms with Crippen molar-refractivity contribution >= 4 is 40.4 Å². The van der Waals surface area contributed by atoms with E-state index in [1.807, 2.05) is 25.1 Å². The average molecular weight is 633 g/mol. The van der Waals surface area contributed by atoms with E-state index in [4.69, 9.17) is 27.2 Å². The standard InChI is InChI=1S/C28H36ClN7O6S/c1-15(27(38)39)31-12-17-5-4-16(10-24(17)43(40)41)25-20(29)13-32-28(35-25)33-18-8-9-42-23(11-18)19-6-7-22(21(30)14-37)34-26(19)36(2)3/h4-7,10,13,15,18,21,23,31,37H,8-9,11-12,14,30H2,1-3H3,(H,38,39)(H,40,41)(H,32,33,35)/p-1/t15-,18?,21-,23?/m1/s1. The Morgan fingerprint density at radius 2 is 2.07 bits per heavy atom. The second-order valence-electron chi connectivity index (χ2n) is 10.4. The van der Waals surface area contributed by atoms with Crippen molar-refractivity contribution in [2.45, 2.75) is 55.4 Å². The topological polar surface area (TPSA) is 199 Å². The first-order valence-corrected chi connectivity index (χ1v) is 15.1. The number of hydrogen-bond acceptors (Lipinski definition) is 12. The minimum absolute atomic E-state index is 0.00955. The molecular weight excluding hydrogens is 598 g/mol. The minimum atomic E-state index is -2.58. The van der Waals surface area contributed by atoms with Crippen molar-refractivity contribution in [2.24, 2.45) is 5.73 Å². The quantitative estimate of drug-likeness (QED) is 0.182. The lowest BCUT2D eigenvalue weighted by atomic mass is 9.97. The van der Waals surface area contributed by atoms with E-state index in [2.05, 4.69) is 25.6 Å². The van der Waals surface area contributed by atoms with Gasteiger partial charge in [0, 0.05) is 49.3 Å². The summed E-state index contributed by atoms with van der Waals surface area (Å²) in [6.45, 7) is 1.80.